The predicted molar refractivity (Wildman–Crippen MR) is 99.1 cm³/mol. The normalized spacial score (nSPS) is 14.6. The number of ether oxygens (including phenoxy) is 1. The minimum Gasteiger partial charge on any atom is -0.450 e. The smallest absolute Gasteiger partial charge is 0.407 e. The molecule has 2 N–H and O–H groups in total. The standard InChI is InChI=1S/C19H27N3O4/c1-3-4-12-26-19(25)21-16-8-10-22(11-9-16)18(24)15-6-5-7-17(13-15)20-14(2)23/h5-7,13,16H,3-4,8-12H2,1-2H3,(H,20,23)(H,21,25). The molecule has 2 rings (SSSR count). The van der Waals surface area contributed by atoms with Gasteiger partial charge in [0.05, 0.1) is 6.61 Å². The largest absolute Gasteiger partial charge is 0.450 e. The van der Waals surface area contributed by atoms with Gasteiger partial charge in [-0.1, -0.05) is 19.4 Å². The number of piperidine rings is 1. The molecular formula is C19H27N3O4. The highest BCUT2D eigenvalue weighted by Gasteiger charge is 2.25. The highest BCUT2D eigenvalue weighted by molar-refractivity contribution is 5.96. The molecule has 0 spiro atoms. The zero-order valence-electron chi connectivity index (χ0n) is 15.4. The van der Waals surface area contributed by atoms with E-state index in [0.717, 1.165) is 12.8 Å². The van der Waals surface area contributed by atoms with Gasteiger partial charge in [-0.3, -0.25) is 9.59 Å². The number of hydrogen-bond donors (Lipinski definition) is 2. The first-order valence-electron chi connectivity index (χ1n) is 9.09. The summed E-state index contributed by atoms with van der Waals surface area (Å²) in [5, 5.41) is 5.54. The molecule has 0 saturated carbocycles. The lowest BCUT2D eigenvalue weighted by atomic mass is 10.0. The Balaban J connectivity index is 1.82. The Kier molecular flexibility index (Phi) is 7.44. The maximum atomic E-state index is 12.6. The number of nitrogens with one attached hydrogen (secondary N) is 2. The van der Waals surface area contributed by atoms with Gasteiger partial charge in [-0.2, -0.15) is 0 Å². The van der Waals surface area contributed by atoms with Gasteiger partial charge in [0, 0.05) is 37.3 Å². The fourth-order valence-corrected chi connectivity index (χ4v) is 2.86. The van der Waals surface area contributed by atoms with Crippen LogP contribution in [0.2, 0.25) is 0 Å². The number of likely N-dealkylation sites (tertiary alicyclic amines) is 1. The number of anilines is 1. The Bertz CT molecular complexity index is 639. The molecule has 3 amide bonds. The van der Waals surface area contributed by atoms with Crippen molar-refractivity contribution in [2.75, 3.05) is 25.0 Å². The van der Waals surface area contributed by atoms with E-state index < -0.39 is 0 Å². The maximum Gasteiger partial charge on any atom is 0.407 e. The second kappa shape index (κ2) is 9.79. The van der Waals surface area contributed by atoms with Crippen LogP contribution in [0.3, 0.4) is 0 Å². The van der Waals surface area contributed by atoms with Crippen LogP contribution in [0.4, 0.5) is 10.5 Å². The molecule has 0 aromatic heterocycles. The lowest BCUT2D eigenvalue weighted by Gasteiger charge is -2.32. The van der Waals surface area contributed by atoms with Crippen LogP contribution in [0.25, 0.3) is 0 Å². The summed E-state index contributed by atoms with van der Waals surface area (Å²) in [6, 6.07) is 6.94. The third kappa shape index (κ3) is 6.06. The van der Waals surface area contributed by atoms with Crippen molar-refractivity contribution in [3.63, 3.8) is 0 Å². The van der Waals surface area contributed by atoms with Crippen LogP contribution in [-0.4, -0.2) is 48.5 Å². The average Bonchev–Trinajstić information content (AvgIpc) is 2.61. The summed E-state index contributed by atoms with van der Waals surface area (Å²) in [5.74, 6) is -0.242. The van der Waals surface area contributed by atoms with E-state index >= 15 is 0 Å². The Labute approximate surface area is 154 Å². The summed E-state index contributed by atoms with van der Waals surface area (Å²) in [4.78, 5) is 37.3. The molecule has 1 heterocycles. The van der Waals surface area contributed by atoms with Gasteiger partial charge < -0.3 is 20.3 Å². The molecule has 142 valence electrons. The summed E-state index contributed by atoms with van der Waals surface area (Å²) in [7, 11) is 0. The molecule has 1 fully saturated rings. The first kappa shape index (κ1) is 19.8. The highest BCUT2D eigenvalue weighted by atomic mass is 16.5. The lowest BCUT2D eigenvalue weighted by molar-refractivity contribution is -0.114. The number of unbranched alkanes of at least 4 members (excludes halogenated alkanes) is 1. The number of rotatable bonds is 6. The summed E-state index contributed by atoms with van der Waals surface area (Å²) >= 11 is 0. The fourth-order valence-electron chi connectivity index (χ4n) is 2.86. The van der Waals surface area contributed by atoms with E-state index in [1.807, 2.05) is 6.92 Å². The third-order valence-corrected chi connectivity index (χ3v) is 4.27. The molecule has 1 aromatic rings. The SMILES string of the molecule is CCCCOC(=O)NC1CCN(C(=O)c2cccc(NC(C)=O)c2)CC1. The van der Waals surface area contributed by atoms with Gasteiger partial charge in [0.25, 0.3) is 5.91 Å². The second-order valence-corrected chi connectivity index (χ2v) is 6.46. The van der Waals surface area contributed by atoms with Crippen LogP contribution in [-0.2, 0) is 9.53 Å². The van der Waals surface area contributed by atoms with E-state index in [1.165, 1.54) is 6.92 Å². The van der Waals surface area contributed by atoms with Crippen LogP contribution in [0.5, 0.6) is 0 Å². The predicted octanol–water partition coefficient (Wildman–Crippen LogP) is 2.78. The van der Waals surface area contributed by atoms with Crippen molar-refractivity contribution in [3.05, 3.63) is 29.8 Å². The Morgan fingerprint density at radius 2 is 1.96 bits per heavy atom. The molecule has 1 aliphatic rings. The summed E-state index contributed by atoms with van der Waals surface area (Å²) < 4.78 is 5.11. The van der Waals surface area contributed by atoms with Crippen molar-refractivity contribution in [1.82, 2.24) is 10.2 Å². The number of amides is 3. The molecule has 7 heteroatoms. The van der Waals surface area contributed by atoms with Crippen LogP contribution in [0.1, 0.15) is 49.9 Å². The Hall–Kier alpha value is -2.57. The van der Waals surface area contributed by atoms with E-state index in [1.54, 1.807) is 29.2 Å². The van der Waals surface area contributed by atoms with Gasteiger partial charge in [-0.05, 0) is 37.5 Å². The van der Waals surface area contributed by atoms with Gasteiger partial charge in [-0.25, -0.2) is 4.79 Å². The summed E-state index contributed by atoms with van der Waals surface area (Å²) in [6.45, 7) is 5.05. The molecule has 7 nitrogen and oxygen atoms in total. The maximum absolute atomic E-state index is 12.6. The van der Waals surface area contributed by atoms with Crippen molar-refractivity contribution < 1.29 is 19.1 Å². The molecule has 1 aliphatic heterocycles. The van der Waals surface area contributed by atoms with E-state index in [0.29, 0.717) is 43.8 Å². The number of carbonyl (C=O) groups is 3. The quantitative estimate of drug-likeness (QED) is 0.763. The van der Waals surface area contributed by atoms with E-state index in [-0.39, 0.29) is 23.9 Å². The molecule has 0 unspecified atom stereocenters. The van der Waals surface area contributed by atoms with Gasteiger partial charge >= 0.3 is 6.09 Å². The summed E-state index contributed by atoms with van der Waals surface area (Å²) in [6.07, 6.45) is 2.85. The van der Waals surface area contributed by atoms with Crippen molar-refractivity contribution >= 4 is 23.6 Å². The lowest BCUT2D eigenvalue weighted by Crippen LogP contribution is -2.46. The van der Waals surface area contributed by atoms with Crippen LogP contribution in [0, 0.1) is 0 Å². The van der Waals surface area contributed by atoms with E-state index in [9.17, 15) is 14.4 Å². The molecule has 0 bridgehead atoms. The van der Waals surface area contributed by atoms with Crippen molar-refractivity contribution in [3.8, 4) is 0 Å². The minimum atomic E-state index is -0.383. The number of benzene rings is 1. The van der Waals surface area contributed by atoms with Crippen LogP contribution in [0.15, 0.2) is 24.3 Å². The van der Waals surface area contributed by atoms with Crippen LogP contribution < -0.4 is 10.6 Å². The zero-order chi connectivity index (χ0) is 18.9. The number of alkyl carbamates (subject to hydrolysis) is 1. The number of carbonyl (C=O) groups excluding carboxylic acids is 3. The van der Waals surface area contributed by atoms with Crippen LogP contribution >= 0.6 is 0 Å². The first-order valence-corrected chi connectivity index (χ1v) is 9.09. The van der Waals surface area contributed by atoms with Crippen molar-refractivity contribution in [2.24, 2.45) is 0 Å². The molecule has 1 saturated heterocycles. The minimum absolute atomic E-state index is 0.0268. The molecular weight excluding hydrogens is 334 g/mol. The molecule has 0 aliphatic carbocycles. The van der Waals surface area contributed by atoms with E-state index in [2.05, 4.69) is 10.6 Å². The van der Waals surface area contributed by atoms with Crippen molar-refractivity contribution in [1.29, 1.82) is 0 Å². The topological polar surface area (TPSA) is 87.7 Å². The second-order valence-electron chi connectivity index (χ2n) is 6.46. The van der Waals surface area contributed by atoms with Gasteiger partial charge in [0.15, 0.2) is 0 Å². The van der Waals surface area contributed by atoms with Gasteiger partial charge in [-0.15, -0.1) is 0 Å². The van der Waals surface area contributed by atoms with Crippen molar-refractivity contribution in [2.45, 2.75) is 45.6 Å². The molecule has 1 aromatic carbocycles. The number of nitrogens with zero attached hydrogens (tertiary/aromatic N) is 1. The zero-order valence-corrected chi connectivity index (χ0v) is 15.4. The molecule has 0 atom stereocenters. The fraction of sp³-hybridized carbons (Fsp3) is 0.526. The number of hydrogen-bond acceptors (Lipinski definition) is 4. The van der Waals surface area contributed by atoms with Gasteiger partial charge in [0.2, 0.25) is 5.91 Å². The average molecular weight is 361 g/mol. The Morgan fingerprint density at radius 1 is 1.23 bits per heavy atom. The summed E-state index contributed by atoms with van der Waals surface area (Å²) in [5.41, 5.74) is 1.15. The highest BCUT2D eigenvalue weighted by Crippen LogP contribution is 2.17. The molecule has 26 heavy (non-hydrogen) atoms. The first-order chi connectivity index (χ1) is 12.5. The van der Waals surface area contributed by atoms with E-state index in [4.69, 9.17) is 4.74 Å². The Morgan fingerprint density at radius 3 is 2.62 bits per heavy atom. The monoisotopic (exact) mass is 361 g/mol. The molecule has 0 radical (unpaired) electrons. The van der Waals surface area contributed by atoms with Gasteiger partial charge in [0.1, 0.15) is 0 Å². The third-order valence-electron chi connectivity index (χ3n) is 4.27.